The number of aliphatic hydroxyl groups excluding tert-OH is 1. The predicted molar refractivity (Wildman–Crippen MR) is 70.9 cm³/mol. The standard InChI is InChI=1S/C14H18N2O2/c1-15(9-4-3-5-9)10-6-7-11-12(8-10)16(2)14(18)13(11)17/h6-9,13,17H,3-5H2,1-2H3. The van der Waals surface area contributed by atoms with Gasteiger partial charge in [0.05, 0.1) is 5.69 Å². The Morgan fingerprint density at radius 3 is 2.72 bits per heavy atom. The molecule has 0 spiro atoms. The van der Waals surface area contributed by atoms with E-state index in [4.69, 9.17) is 0 Å². The van der Waals surface area contributed by atoms with E-state index in [2.05, 4.69) is 11.9 Å². The van der Waals surface area contributed by atoms with Gasteiger partial charge < -0.3 is 14.9 Å². The van der Waals surface area contributed by atoms with Crippen molar-refractivity contribution in [3.05, 3.63) is 23.8 Å². The lowest BCUT2D eigenvalue weighted by molar-refractivity contribution is -0.125. The molecule has 2 aliphatic rings. The Labute approximate surface area is 107 Å². The summed E-state index contributed by atoms with van der Waals surface area (Å²) >= 11 is 0. The zero-order valence-electron chi connectivity index (χ0n) is 10.8. The van der Waals surface area contributed by atoms with Gasteiger partial charge in [0.1, 0.15) is 0 Å². The topological polar surface area (TPSA) is 43.8 Å². The molecule has 1 saturated carbocycles. The van der Waals surface area contributed by atoms with Crippen LogP contribution in [0.15, 0.2) is 18.2 Å². The number of hydrogen-bond acceptors (Lipinski definition) is 3. The average Bonchev–Trinajstić information content (AvgIpc) is 2.52. The van der Waals surface area contributed by atoms with E-state index in [0.717, 1.165) is 11.4 Å². The van der Waals surface area contributed by atoms with Gasteiger partial charge in [0.15, 0.2) is 6.10 Å². The summed E-state index contributed by atoms with van der Waals surface area (Å²) in [5.74, 6) is -0.242. The number of benzene rings is 1. The monoisotopic (exact) mass is 246 g/mol. The molecule has 0 radical (unpaired) electrons. The van der Waals surface area contributed by atoms with E-state index >= 15 is 0 Å². The summed E-state index contributed by atoms with van der Waals surface area (Å²) in [5, 5.41) is 9.81. The Morgan fingerprint density at radius 2 is 2.11 bits per heavy atom. The predicted octanol–water partition coefficient (Wildman–Crippen LogP) is 1.69. The van der Waals surface area contributed by atoms with E-state index in [1.165, 1.54) is 24.2 Å². The second-order valence-corrected chi connectivity index (χ2v) is 5.24. The van der Waals surface area contributed by atoms with Gasteiger partial charge >= 0.3 is 0 Å². The summed E-state index contributed by atoms with van der Waals surface area (Å²) in [7, 11) is 3.81. The van der Waals surface area contributed by atoms with Crippen LogP contribution in [0.3, 0.4) is 0 Å². The van der Waals surface area contributed by atoms with Crippen LogP contribution in [0, 0.1) is 0 Å². The number of carbonyl (C=O) groups is 1. The maximum atomic E-state index is 11.7. The quantitative estimate of drug-likeness (QED) is 0.863. The number of rotatable bonds is 2. The maximum Gasteiger partial charge on any atom is 0.260 e. The third kappa shape index (κ3) is 1.52. The SMILES string of the molecule is CN1C(=O)C(O)c2ccc(N(C)C3CCC3)cc21. The van der Waals surface area contributed by atoms with Crippen LogP contribution >= 0.6 is 0 Å². The number of nitrogens with zero attached hydrogens (tertiary/aromatic N) is 2. The molecule has 3 rings (SSSR count). The summed E-state index contributed by atoms with van der Waals surface area (Å²) in [6.45, 7) is 0. The molecule has 1 fully saturated rings. The molecule has 4 nitrogen and oxygen atoms in total. The highest BCUT2D eigenvalue weighted by atomic mass is 16.3. The number of likely N-dealkylation sites (N-methyl/N-ethyl adjacent to an activating group) is 1. The second-order valence-electron chi connectivity index (χ2n) is 5.24. The second kappa shape index (κ2) is 3.99. The molecule has 1 N–H and O–H groups in total. The van der Waals surface area contributed by atoms with Crippen LogP contribution in [0.4, 0.5) is 11.4 Å². The molecule has 0 saturated heterocycles. The Kier molecular flexibility index (Phi) is 2.55. The molecule has 1 aromatic rings. The van der Waals surface area contributed by atoms with Gasteiger partial charge in [0.25, 0.3) is 5.91 Å². The molecule has 1 aliphatic heterocycles. The lowest BCUT2D eigenvalue weighted by Gasteiger charge is -2.36. The molecule has 1 heterocycles. The molecule has 1 amide bonds. The highest BCUT2D eigenvalue weighted by Gasteiger charge is 2.34. The summed E-state index contributed by atoms with van der Waals surface area (Å²) in [5.41, 5.74) is 2.66. The number of hydrogen-bond donors (Lipinski definition) is 1. The molecule has 1 unspecified atom stereocenters. The first kappa shape index (κ1) is 11.5. The van der Waals surface area contributed by atoms with Crippen molar-refractivity contribution in [1.29, 1.82) is 0 Å². The van der Waals surface area contributed by atoms with Crippen molar-refractivity contribution in [1.82, 2.24) is 0 Å². The van der Waals surface area contributed by atoms with Crippen molar-refractivity contribution in [2.75, 3.05) is 23.9 Å². The maximum absolute atomic E-state index is 11.7. The third-order valence-electron chi connectivity index (χ3n) is 4.26. The average molecular weight is 246 g/mol. The van der Waals surface area contributed by atoms with Crippen LogP contribution in [-0.2, 0) is 4.79 Å². The molecule has 0 aromatic heterocycles. The summed E-state index contributed by atoms with van der Waals surface area (Å²) in [6.07, 6.45) is 2.79. The first-order chi connectivity index (χ1) is 8.59. The molecular formula is C14H18N2O2. The van der Waals surface area contributed by atoms with E-state index in [1.54, 1.807) is 7.05 Å². The number of carbonyl (C=O) groups excluding carboxylic acids is 1. The van der Waals surface area contributed by atoms with E-state index in [1.807, 2.05) is 18.2 Å². The van der Waals surface area contributed by atoms with Crippen LogP contribution in [0.1, 0.15) is 30.9 Å². The zero-order chi connectivity index (χ0) is 12.9. The summed E-state index contributed by atoms with van der Waals surface area (Å²) < 4.78 is 0. The lowest BCUT2D eigenvalue weighted by atomic mass is 9.91. The van der Waals surface area contributed by atoms with E-state index < -0.39 is 6.10 Å². The van der Waals surface area contributed by atoms with Gasteiger partial charge in [0.2, 0.25) is 0 Å². The summed E-state index contributed by atoms with van der Waals surface area (Å²) in [6, 6.07) is 6.48. The Hall–Kier alpha value is -1.55. The van der Waals surface area contributed by atoms with Crippen molar-refractivity contribution in [3.8, 4) is 0 Å². The first-order valence-electron chi connectivity index (χ1n) is 6.42. The minimum Gasteiger partial charge on any atom is -0.378 e. The van der Waals surface area contributed by atoms with E-state index in [0.29, 0.717) is 11.6 Å². The van der Waals surface area contributed by atoms with Crippen molar-refractivity contribution in [2.24, 2.45) is 0 Å². The number of anilines is 2. The largest absolute Gasteiger partial charge is 0.378 e. The van der Waals surface area contributed by atoms with Gasteiger partial charge in [-0.15, -0.1) is 0 Å². The van der Waals surface area contributed by atoms with Gasteiger partial charge in [-0.05, 0) is 31.4 Å². The normalized spacial score (nSPS) is 22.9. The number of amides is 1. The van der Waals surface area contributed by atoms with Crippen molar-refractivity contribution < 1.29 is 9.90 Å². The highest BCUT2D eigenvalue weighted by molar-refractivity contribution is 6.03. The molecular weight excluding hydrogens is 228 g/mol. The zero-order valence-corrected chi connectivity index (χ0v) is 10.8. The fraction of sp³-hybridized carbons (Fsp3) is 0.500. The molecule has 1 aromatic carbocycles. The van der Waals surface area contributed by atoms with Crippen LogP contribution in [0.2, 0.25) is 0 Å². The van der Waals surface area contributed by atoms with Crippen LogP contribution in [0.25, 0.3) is 0 Å². The van der Waals surface area contributed by atoms with Crippen molar-refractivity contribution in [3.63, 3.8) is 0 Å². The Balaban J connectivity index is 1.94. The van der Waals surface area contributed by atoms with Crippen LogP contribution in [0.5, 0.6) is 0 Å². The van der Waals surface area contributed by atoms with E-state index in [-0.39, 0.29) is 5.91 Å². The Morgan fingerprint density at radius 1 is 1.39 bits per heavy atom. The van der Waals surface area contributed by atoms with Gasteiger partial charge in [-0.2, -0.15) is 0 Å². The van der Waals surface area contributed by atoms with Crippen LogP contribution < -0.4 is 9.80 Å². The molecule has 18 heavy (non-hydrogen) atoms. The highest BCUT2D eigenvalue weighted by Crippen LogP contribution is 2.38. The molecule has 96 valence electrons. The fourth-order valence-corrected chi connectivity index (χ4v) is 2.69. The number of aliphatic hydroxyl groups is 1. The lowest BCUT2D eigenvalue weighted by Crippen LogP contribution is -2.37. The Bertz CT molecular complexity index is 497. The van der Waals surface area contributed by atoms with E-state index in [9.17, 15) is 9.90 Å². The van der Waals surface area contributed by atoms with Crippen molar-refractivity contribution >= 4 is 17.3 Å². The number of fused-ring (bicyclic) bond motifs is 1. The van der Waals surface area contributed by atoms with Gasteiger partial charge in [0, 0.05) is 31.4 Å². The van der Waals surface area contributed by atoms with Crippen LogP contribution in [-0.4, -0.2) is 31.2 Å². The third-order valence-corrected chi connectivity index (χ3v) is 4.26. The van der Waals surface area contributed by atoms with Gasteiger partial charge in [-0.1, -0.05) is 6.07 Å². The molecule has 1 atom stereocenters. The minimum absolute atomic E-state index is 0.242. The van der Waals surface area contributed by atoms with Crippen molar-refractivity contribution in [2.45, 2.75) is 31.4 Å². The molecule has 1 aliphatic carbocycles. The fourth-order valence-electron chi connectivity index (χ4n) is 2.69. The van der Waals surface area contributed by atoms with Gasteiger partial charge in [-0.3, -0.25) is 4.79 Å². The molecule has 4 heteroatoms. The minimum atomic E-state index is -0.993. The molecule has 0 bridgehead atoms. The first-order valence-corrected chi connectivity index (χ1v) is 6.42. The smallest absolute Gasteiger partial charge is 0.260 e. The van der Waals surface area contributed by atoms with Gasteiger partial charge in [-0.25, -0.2) is 0 Å². The summed E-state index contributed by atoms with van der Waals surface area (Å²) in [4.78, 5) is 15.5.